The molecule has 4 nitrogen and oxygen atoms in total. The quantitative estimate of drug-likeness (QED) is 0.678. The maximum Gasteiger partial charge on any atom is 0.277 e. The number of aryl methyl sites for hydroxylation is 2. The zero-order chi connectivity index (χ0) is 15.9. The number of ether oxygens (including phenoxy) is 1. The fourth-order valence-electron chi connectivity index (χ4n) is 1.82. The van der Waals surface area contributed by atoms with E-state index in [1.165, 1.54) is 0 Å². The van der Waals surface area contributed by atoms with Crippen LogP contribution in [0.2, 0.25) is 5.02 Å². The number of amides is 1. The van der Waals surface area contributed by atoms with E-state index in [0.717, 1.165) is 16.7 Å². The molecule has 0 aromatic heterocycles. The molecule has 2 rings (SSSR count). The highest BCUT2D eigenvalue weighted by atomic mass is 35.5. The van der Waals surface area contributed by atoms with Gasteiger partial charge in [-0.25, -0.2) is 5.43 Å². The van der Waals surface area contributed by atoms with Crippen molar-refractivity contribution >= 4 is 23.7 Å². The largest absolute Gasteiger partial charge is 0.484 e. The summed E-state index contributed by atoms with van der Waals surface area (Å²) in [6.07, 6.45) is 1.59. The van der Waals surface area contributed by atoms with Crippen molar-refractivity contribution in [2.24, 2.45) is 5.10 Å². The van der Waals surface area contributed by atoms with Crippen LogP contribution in [0.1, 0.15) is 16.7 Å². The molecule has 0 aliphatic rings. The van der Waals surface area contributed by atoms with Gasteiger partial charge in [-0.2, -0.15) is 5.10 Å². The molecule has 0 aliphatic heterocycles. The van der Waals surface area contributed by atoms with Crippen LogP contribution in [0.15, 0.2) is 47.6 Å². The fraction of sp³-hybridized carbons (Fsp3) is 0.176. The number of hydrogen-bond acceptors (Lipinski definition) is 3. The van der Waals surface area contributed by atoms with Crippen molar-refractivity contribution in [3.63, 3.8) is 0 Å². The Morgan fingerprint density at radius 2 is 2.09 bits per heavy atom. The maximum absolute atomic E-state index is 11.6. The van der Waals surface area contributed by atoms with Gasteiger partial charge < -0.3 is 4.74 Å². The summed E-state index contributed by atoms with van der Waals surface area (Å²) in [6, 6.07) is 13.1. The smallest absolute Gasteiger partial charge is 0.277 e. The highest BCUT2D eigenvalue weighted by Gasteiger charge is 2.03. The van der Waals surface area contributed by atoms with Crippen LogP contribution in [0.25, 0.3) is 0 Å². The first kappa shape index (κ1) is 16.0. The van der Waals surface area contributed by atoms with Gasteiger partial charge in [-0.15, -0.1) is 0 Å². The molecule has 0 atom stereocenters. The molecule has 114 valence electrons. The lowest BCUT2D eigenvalue weighted by Gasteiger charge is -2.06. The van der Waals surface area contributed by atoms with Gasteiger partial charge in [-0.05, 0) is 43.2 Å². The van der Waals surface area contributed by atoms with E-state index >= 15 is 0 Å². The number of rotatable bonds is 5. The molecule has 2 aromatic rings. The second-order valence-corrected chi connectivity index (χ2v) is 5.31. The SMILES string of the molecule is Cc1cccc(C=NNC(=O)COc2ccc(Cl)c(C)c2)c1. The maximum atomic E-state index is 11.6. The average Bonchev–Trinajstić information content (AvgIpc) is 2.48. The van der Waals surface area contributed by atoms with Crippen LogP contribution in [0.5, 0.6) is 5.75 Å². The number of carbonyl (C=O) groups excluding carboxylic acids is 1. The molecule has 0 unspecified atom stereocenters. The Kier molecular flexibility index (Phi) is 5.55. The summed E-state index contributed by atoms with van der Waals surface area (Å²) in [5.41, 5.74) is 5.39. The number of benzene rings is 2. The highest BCUT2D eigenvalue weighted by molar-refractivity contribution is 6.31. The Morgan fingerprint density at radius 1 is 1.27 bits per heavy atom. The predicted octanol–water partition coefficient (Wildman–Crippen LogP) is 3.49. The molecule has 22 heavy (non-hydrogen) atoms. The summed E-state index contributed by atoms with van der Waals surface area (Å²) in [7, 11) is 0. The third-order valence-electron chi connectivity index (χ3n) is 2.94. The van der Waals surface area contributed by atoms with Gasteiger partial charge >= 0.3 is 0 Å². The first-order valence-electron chi connectivity index (χ1n) is 6.82. The molecule has 0 spiro atoms. The highest BCUT2D eigenvalue weighted by Crippen LogP contribution is 2.20. The Balaban J connectivity index is 1.81. The number of hydrogen-bond donors (Lipinski definition) is 1. The molecule has 0 saturated carbocycles. The van der Waals surface area contributed by atoms with Crippen molar-refractivity contribution in [2.75, 3.05) is 6.61 Å². The van der Waals surface area contributed by atoms with E-state index in [9.17, 15) is 4.79 Å². The second-order valence-electron chi connectivity index (χ2n) is 4.91. The summed E-state index contributed by atoms with van der Waals surface area (Å²) < 4.78 is 5.38. The molecule has 5 heteroatoms. The molecule has 2 aromatic carbocycles. The van der Waals surface area contributed by atoms with E-state index < -0.39 is 0 Å². The molecule has 1 amide bonds. The van der Waals surface area contributed by atoms with Gasteiger partial charge in [-0.3, -0.25) is 4.79 Å². The molecule has 0 fully saturated rings. The molecular formula is C17H17ClN2O2. The normalized spacial score (nSPS) is 10.7. The Morgan fingerprint density at radius 3 is 2.82 bits per heavy atom. The van der Waals surface area contributed by atoms with Crippen molar-refractivity contribution in [2.45, 2.75) is 13.8 Å². The third-order valence-corrected chi connectivity index (χ3v) is 3.37. The van der Waals surface area contributed by atoms with Crippen molar-refractivity contribution in [3.05, 3.63) is 64.2 Å². The molecule has 0 saturated heterocycles. The van der Waals surface area contributed by atoms with Crippen molar-refractivity contribution < 1.29 is 9.53 Å². The Bertz CT molecular complexity index is 699. The van der Waals surface area contributed by atoms with Gasteiger partial charge in [0.25, 0.3) is 5.91 Å². The Labute approximate surface area is 134 Å². The number of nitrogens with one attached hydrogen (secondary N) is 1. The second kappa shape index (κ2) is 7.61. The van der Waals surface area contributed by atoms with Crippen LogP contribution in [0.3, 0.4) is 0 Å². The summed E-state index contributed by atoms with van der Waals surface area (Å²) in [5, 5.41) is 4.57. The summed E-state index contributed by atoms with van der Waals surface area (Å²) in [4.78, 5) is 11.6. The van der Waals surface area contributed by atoms with Gasteiger partial charge in [0.2, 0.25) is 0 Å². The van der Waals surface area contributed by atoms with Gasteiger partial charge in [0.1, 0.15) is 5.75 Å². The van der Waals surface area contributed by atoms with Gasteiger partial charge in [0, 0.05) is 5.02 Å². The van der Waals surface area contributed by atoms with Crippen molar-refractivity contribution in [1.82, 2.24) is 5.43 Å². The number of nitrogens with zero attached hydrogens (tertiary/aromatic N) is 1. The molecule has 0 radical (unpaired) electrons. The van der Waals surface area contributed by atoms with Crippen LogP contribution in [-0.2, 0) is 4.79 Å². The van der Waals surface area contributed by atoms with Crippen molar-refractivity contribution in [1.29, 1.82) is 0 Å². The van der Waals surface area contributed by atoms with Gasteiger partial charge in [0.15, 0.2) is 6.61 Å². The summed E-state index contributed by atoms with van der Waals surface area (Å²) >= 11 is 5.93. The molecule has 0 heterocycles. The average molecular weight is 317 g/mol. The van der Waals surface area contributed by atoms with Gasteiger partial charge in [-0.1, -0.05) is 41.4 Å². The first-order chi connectivity index (χ1) is 10.5. The minimum atomic E-state index is -0.323. The first-order valence-corrected chi connectivity index (χ1v) is 7.20. The van der Waals surface area contributed by atoms with Crippen LogP contribution in [0.4, 0.5) is 0 Å². The molecule has 1 N–H and O–H groups in total. The van der Waals surface area contributed by atoms with Crippen LogP contribution in [-0.4, -0.2) is 18.7 Å². The summed E-state index contributed by atoms with van der Waals surface area (Å²) in [6.45, 7) is 3.77. The monoisotopic (exact) mass is 316 g/mol. The van der Waals surface area contributed by atoms with Crippen molar-refractivity contribution in [3.8, 4) is 5.75 Å². The number of halogens is 1. The fourth-order valence-corrected chi connectivity index (χ4v) is 1.93. The molecule has 0 aliphatic carbocycles. The van der Waals surface area contributed by atoms with E-state index in [1.807, 2.05) is 38.1 Å². The minimum absolute atomic E-state index is 0.105. The standard InChI is InChI=1S/C17H17ClN2O2/c1-12-4-3-5-14(8-12)10-19-20-17(21)11-22-15-6-7-16(18)13(2)9-15/h3-10H,11H2,1-2H3,(H,20,21). The van der Waals surface area contributed by atoms with E-state index in [0.29, 0.717) is 10.8 Å². The number of carbonyl (C=O) groups is 1. The van der Waals surface area contributed by atoms with E-state index in [1.54, 1.807) is 24.4 Å². The van der Waals surface area contributed by atoms with Gasteiger partial charge in [0.05, 0.1) is 6.21 Å². The lowest BCUT2D eigenvalue weighted by Crippen LogP contribution is -2.24. The Hall–Kier alpha value is -2.33. The van der Waals surface area contributed by atoms with Crippen LogP contribution in [0, 0.1) is 13.8 Å². The molecule has 0 bridgehead atoms. The lowest BCUT2D eigenvalue weighted by molar-refractivity contribution is -0.123. The van der Waals surface area contributed by atoms with E-state index in [4.69, 9.17) is 16.3 Å². The zero-order valence-corrected chi connectivity index (χ0v) is 13.2. The predicted molar refractivity (Wildman–Crippen MR) is 88.6 cm³/mol. The third kappa shape index (κ3) is 4.90. The molecular weight excluding hydrogens is 300 g/mol. The number of hydrazone groups is 1. The summed E-state index contributed by atoms with van der Waals surface area (Å²) in [5.74, 6) is 0.274. The zero-order valence-electron chi connectivity index (χ0n) is 12.5. The lowest BCUT2D eigenvalue weighted by atomic mass is 10.2. The van der Waals surface area contributed by atoms with Crippen LogP contribution < -0.4 is 10.2 Å². The van der Waals surface area contributed by atoms with E-state index in [2.05, 4.69) is 10.5 Å². The van der Waals surface area contributed by atoms with E-state index in [-0.39, 0.29) is 12.5 Å². The van der Waals surface area contributed by atoms with Crippen LogP contribution >= 0.6 is 11.6 Å². The topological polar surface area (TPSA) is 50.7 Å². The minimum Gasteiger partial charge on any atom is -0.484 e.